The molecular weight excluding hydrogens is 286 g/mol. The number of pyridine rings is 2. The Bertz CT molecular complexity index is 703. The van der Waals surface area contributed by atoms with Crippen LogP contribution in [0.15, 0.2) is 24.4 Å². The van der Waals surface area contributed by atoms with Gasteiger partial charge < -0.3 is 10.5 Å². The van der Waals surface area contributed by atoms with Crippen molar-refractivity contribution in [3.63, 3.8) is 0 Å². The number of aromatic nitrogens is 2. The molecule has 0 unspecified atom stereocenters. The average Bonchev–Trinajstić information content (AvgIpc) is 2.61. The lowest BCUT2D eigenvalue weighted by atomic mass is 9.56. The van der Waals surface area contributed by atoms with Gasteiger partial charge >= 0.3 is 0 Å². The van der Waals surface area contributed by atoms with Crippen LogP contribution >= 0.6 is 0 Å². The number of fused-ring (bicyclic) bond motifs is 4. The maximum absolute atomic E-state index is 6.44. The van der Waals surface area contributed by atoms with E-state index in [2.05, 4.69) is 16.0 Å². The molecular formula is C19H25N3O. The summed E-state index contributed by atoms with van der Waals surface area (Å²) in [5.41, 5.74) is 10.3. The van der Waals surface area contributed by atoms with Crippen molar-refractivity contribution in [2.45, 2.75) is 56.9 Å². The first-order valence-electron chi connectivity index (χ1n) is 8.69. The Morgan fingerprint density at radius 1 is 1.09 bits per heavy atom. The van der Waals surface area contributed by atoms with Gasteiger partial charge in [0.2, 0.25) is 5.88 Å². The fraction of sp³-hybridized carbons (Fsp3) is 0.579. The van der Waals surface area contributed by atoms with Crippen molar-refractivity contribution in [2.24, 2.45) is 11.1 Å². The van der Waals surface area contributed by atoms with Crippen molar-refractivity contribution < 1.29 is 4.74 Å². The average molecular weight is 311 g/mol. The van der Waals surface area contributed by atoms with Gasteiger partial charge in [-0.1, -0.05) is 0 Å². The van der Waals surface area contributed by atoms with E-state index in [4.69, 9.17) is 10.5 Å². The zero-order chi connectivity index (χ0) is 15.9. The van der Waals surface area contributed by atoms with Crippen molar-refractivity contribution >= 4 is 11.0 Å². The summed E-state index contributed by atoms with van der Waals surface area (Å²) in [7, 11) is 1.66. The molecule has 3 aliphatic rings. The van der Waals surface area contributed by atoms with Gasteiger partial charge in [0, 0.05) is 17.8 Å². The van der Waals surface area contributed by atoms with Gasteiger partial charge in [-0.25, -0.2) is 4.98 Å². The van der Waals surface area contributed by atoms with Crippen molar-refractivity contribution in [3.8, 4) is 5.88 Å². The monoisotopic (exact) mass is 311 g/mol. The number of nitrogens with two attached hydrogens (primary N) is 1. The third-order valence-corrected chi connectivity index (χ3v) is 6.24. The molecule has 0 aliphatic heterocycles. The zero-order valence-electron chi connectivity index (χ0n) is 13.8. The molecule has 0 saturated heterocycles. The highest BCUT2D eigenvalue weighted by atomic mass is 16.5. The molecule has 2 aromatic heterocycles. The summed E-state index contributed by atoms with van der Waals surface area (Å²) in [6.07, 6.45) is 11.7. The summed E-state index contributed by atoms with van der Waals surface area (Å²) in [6, 6.07) is 5.98. The molecule has 2 aromatic rings. The lowest BCUT2D eigenvalue weighted by Gasteiger charge is -2.52. The zero-order valence-corrected chi connectivity index (χ0v) is 13.8. The number of aryl methyl sites for hydroxylation is 1. The van der Waals surface area contributed by atoms with Crippen LogP contribution in [0.2, 0.25) is 0 Å². The largest absolute Gasteiger partial charge is 0.481 e. The van der Waals surface area contributed by atoms with Gasteiger partial charge in [0.25, 0.3) is 0 Å². The summed E-state index contributed by atoms with van der Waals surface area (Å²) < 4.78 is 5.28. The van der Waals surface area contributed by atoms with Gasteiger partial charge in [-0.05, 0) is 74.5 Å². The Kier molecular flexibility index (Phi) is 3.52. The molecule has 122 valence electrons. The first-order chi connectivity index (χ1) is 11.1. The number of rotatable bonds is 4. The highest BCUT2D eigenvalue weighted by molar-refractivity contribution is 5.78. The van der Waals surface area contributed by atoms with Gasteiger partial charge in [0.15, 0.2) is 0 Å². The fourth-order valence-corrected chi connectivity index (χ4v) is 4.44. The molecule has 2 heterocycles. The standard InChI is InChI=1S/C19H25N3O/c1-23-16-3-2-15-17(22-16)14(5-13-21-15)4-6-18-7-10-19(20,11-8-18)12-9-18/h2-3,5,13H,4,6-12,20H2,1H3. The Labute approximate surface area is 137 Å². The molecule has 3 fully saturated rings. The van der Waals surface area contributed by atoms with Crippen molar-refractivity contribution in [3.05, 3.63) is 30.0 Å². The first kappa shape index (κ1) is 14.9. The Hall–Kier alpha value is -1.68. The highest BCUT2D eigenvalue weighted by Crippen LogP contribution is 2.53. The van der Waals surface area contributed by atoms with Crippen LogP contribution in [0, 0.1) is 5.41 Å². The first-order valence-corrected chi connectivity index (χ1v) is 8.69. The molecule has 4 nitrogen and oxygen atoms in total. The Balaban J connectivity index is 1.56. The second kappa shape index (κ2) is 5.45. The third kappa shape index (κ3) is 2.69. The topological polar surface area (TPSA) is 61.0 Å². The molecule has 3 saturated carbocycles. The molecule has 5 rings (SSSR count). The molecule has 23 heavy (non-hydrogen) atoms. The summed E-state index contributed by atoms with van der Waals surface area (Å²) in [4.78, 5) is 9.05. The van der Waals surface area contributed by atoms with E-state index in [0.29, 0.717) is 11.3 Å². The van der Waals surface area contributed by atoms with E-state index in [-0.39, 0.29) is 5.54 Å². The van der Waals surface area contributed by atoms with E-state index in [1.165, 1.54) is 50.5 Å². The maximum atomic E-state index is 6.44. The summed E-state index contributed by atoms with van der Waals surface area (Å²) in [5.74, 6) is 0.660. The van der Waals surface area contributed by atoms with E-state index in [1.807, 2.05) is 18.3 Å². The van der Waals surface area contributed by atoms with Crippen LogP contribution < -0.4 is 10.5 Å². The van der Waals surface area contributed by atoms with Gasteiger partial charge in [0.05, 0.1) is 18.1 Å². The summed E-state index contributed by atoms with van der Waals surface area (Å²) in [5, 5.41) is 0. The predicted octanol–water partition coefficient (Wildman–Crippen LogP) is 3.62. The predicted molar refractivity (Wildman–Crippen MR) is 91.5 cm³/mol. The smallest absolute Gasteiger partial charge is 0.213 e. The lowest BCUT2D eigenvalue weighted by molar-refractivity contribution is 0.0377. The van der Waals surface area contributed by atoms with E-state index in [0.717, 1.165) is 17.5 Å². The van der Waals surface area contributed by atoms with Crippen LogP contribution in [0.25, 0.3) is 11.0 Å². The molecule has 3 aliphatic carbocycles. The van der Waals surface area contributed by atoms with E-state index in [1.54, 1.807) is 7.11 Å². The number of hydrogen-bond acceptors (Lipinski definition) is 4. The van der Waals surface area contributed by atoms with E-state index in [9.17, 15) is 0 Å². The van der Waals surface area contributed by atoms with Crippen molar-refractivity contribution in [1.82, 2.24) is 9.97 Å². The second-order valence-corrected chi connectivity index (χ2v) is 7.55. The Morgan fingerprint density at radius 3 is 2.52 bits per heavy atom. The van der Waals surface area contributed by atoms with Gasteiger partial charge in [-0.15, -0.1) is 0 Å². The Morgan fingerprint density at radius 2 is 1.83 bits per heavy atom. The van der Waals surface area contributed by atoms with Crippen LogP contribution in [0.3, 0.4) is 0 Å². The third-order valence-electron chi connectivity index (χ3n) is 6.24. The van der Waals surface area contributed by atoms with Gasteiger partial charge in [0.1, 0.15) is 0 Å². The van der Waals surface area contributed by atoms with E-state index < -0.39 is 0 Å². The molecule has 2 bridgehead atoms. The molecule has 0 amide bonds. The highest BCUT2D eigenvalue weighted by Gasteiger charge is 2.46. The molecule has 2 N–H and O–H groups in total. The number of methoxy groups -OCH3 is 1. The van der Waals surface area contributed by atoms with Crippen molar-refractivity contribution in [1.29, 1.82) is 0 Å². The number of hydrogen-bond donors (Lipinski definition) is 1. The lowest BCUT2D eigenvalue weighted by Crippen LogP contribution is -2.51. The van der Waals surface area contributed by atoms with E-state index >= 15 is 0 Å². The molecule has 0 spiro atoms. The number of nitrogens with zero attached hydrogens (tertiary/aromatic N) is 2. The fourth-order valence-electron chi connectivity index (χ4n) is 4.44. The normalized spacial score (nSPS) is 29.8. The van der Waals surface area contributed by atoms with Crippen LogP contribution in [-0.4, -0.2) is 22.6 Å². The molecule has 0 atom stereocenters. The summed E-state index contributed by atoms with van der Waals surface area (Å²) >= 11 is 0. The van der Waals surface area contributed by atoms with Crippen LogP contribution in [0.5, 0.6) is 5.88 Å². The van der Waals surface area contributed by atoms with Crippen LogP contribution in [0.4, 0.5) is 0 Å². The second-order valence-electron chi connectivity index (χ2n) is 7.55. The van der Waals surface area contributed by atoms with Gasteiger partial charge in [-0.2, -0.15) is 0 Å². The van der Waals surface area contributed by atoms with Crippen molar-refractivity contribution in [2.75, 3.05) is 7.11 Å². The summed E-state index contributed by atoms with van der Waals surface area (Å²) in [6.45, 7) is 0. The molecule has 0 radical (unpaired) electrons. The SMILES string of the molecule is COc1ccc2nccc(CCC34CCC(N)(CC3)CC4)c2n1. The quantitative estimate of drug-likeness (QED) is 0.936. The number of ether oxygens (including phenoxy) is 1. The molecule has 4 heteroatoms. The van der Waals surface area contributed by atoms with Crippen LogP contribution in [0.1, 0.15) is 50.5 Å². The molecule has 0 aromatic carbocycles. The maximum Gasteiger partial charge on any atom is 0.213 e. The minimum absolute atomic E-state index is 0.153. The van der Waals surface area contributed by atoms with Crippen LogP contribution in [-0.2, 0) is 6.42 Å². The minimum atomic E-state index is 0.153. The van der Waals surface area contributed by atoms with Gasteiger partial charge in [-0.3, -0.25) is 4.98 Å². The minimum Gasteiger partial charge on any atom is -0.481 e.